The molecular weight excluding hydrogens is 231 g/mol. The number of para-hydroxylation sites is 1. The maximum Gasteiger partial charge on any atom is 0.417 e. The summed E-state index contributed by atoms with van der Waals surface area (Å²) in [5, 5.41) is 7.16. The largest absolute Gasteiger partial charge is 0.417 e. The van der Waals surface area contributed by atoms with Crippen LogP contribution in [0.1, 0.15) is 11.3 Å². The molecule has 0 aliphatic heterocycles. The summed E-state index contributed by atoms with van der Waals surface area (Å²) >= 11 is 0. The molecule has 0 spiro atoms. The van der Waals surface area contributed by atoms with Gasteiger partial charge in [-0.25, -0.2) is 4.98 Å². The smallest absolute Gasteiger partial charge is 0.382 e. The number of alkyl halides is 3. The summed E-state index contributed by atoms with van der Waals surface area (Å²) < 4.78 is 38.5. The minimum Gasteiger partial charge on any atom is -0.382 e. The van der Waals surface area contributed by atoms with Gasteiger partial charge in [0.05, 0.1) is 11.1 Å². The molecule has 0 radical (unpaired) electrons. The molecule has 0 saturated carbocycles. The van der Waals surface area contributed by atoms with Crippen molar-refractivity contribution in [2.24, 2.45) is 5.73 Å². The van der Waals surface area contributed by atoms with Crippen LogP contribution in [0.15, 0.2) is 30.3 Å². The average Bonchev–Trinajstić information content (AvgIpc) is 2.26. The van der Waals surface area contributed by atoms with Crippen molar-refractivity contribution in [1.29, 1.82) is 5.41 Å². The maximum atomic E-state index is 12.8. The summed E-state index contributed by atoms with van der Waals surface area (Å²) in [6, 6.07) is 6.68. The zero-order valence-electron chi connectivity index (χ0n) is 8.55. The van der Waals surface area contributed by atoms with Crippen LogP contribution in [0.2, 0.25) is 0 Å². The van der Waals surface area contributed by atoms with E-state index in [4.69, 9.17) is 11.1 Å². The molecule has 0 bridgehead atoms. The van der Waals surface area contributed by atoms with E-state index in [1.807, 2.05) is 0 Å². The number of benzene rings is 1. The van der Waals surface area contributed by atoms with Crippen molar-refractivity contribution in [3.8, 4) is 0 Å². The Labute approximate surface area is 94.6 Å². The summed E-state index contributed by atoms with van der Waals surface area (Å²) in [6.45, 7) is 0. The molecule has 17 heavy (non-hydrogen) atoms. The van der Waals surface area contributed by atoms with Crippen molar-refractivity contribution in [1.82, 2.24) is 4.98 Å². The van der Waals surface area contributed by atoms with E-state index in [9.17, 15) is 13.2 Å². The van der Waals surface area contributed by atoms with Crippen molar-refractivity contribution >= 4 is 16.7 Å². The molecule has 0 unspecified atom stereocenters. The standard InChI is InChI=1S/C11H8F3N3/c12-11(13,14)7-5-9(10(15)16)17-8-4-2-1-3-6(7)8/h1-5H,(H3,15,16). The first-order valence-electron chi connectivity index (χ1n) is 4.71. The normalized spacial score (nSPS) is 11.7. The first-order chi connectivity index (χ1) is 7.89. The Balaban J connectivity index is 2.83. The minimum atomic E-state index is -4.49. The lowest BCUT2D eigenvalue weighted by Gasteiger charge is -2.11. The number of pyridine rings is 1. The molecule has 0 aliphatic carbocycles. The van der Waals surface area contributed by atoms with Crippen LogP contribution in [0.5, 0.6) is 0 Å². The van der Waals surface area contributed by atoms with Crippen LogP contribution in [0.3, 0.4) is 0 Å². The highest BCUT2D eigenvalue weighted by atomic mass is 19.4. The van der Waals surface area contributed by atoms with Gasteiger partial charge in [-0.05, 0) is 12.1 Å². The van der Waals surface area contributed by atoms with Crippen LogP contribution < -0.4 is 5.73 Å². The maximum absolute atomic E-state index is 12.8. The second-order valence-electron chi connectivity index (χ2n) is 3.48. The Morgan fingerprint density at radius 3 is 2.47 bits per heavy atom. The predicted octanol–water partition coefficient (Wildman–Crippen LogP) is 2.54. The van der Waals surface area contributed by atoms with Gasteiger partial charge in [0, 0.05) is 5.39 Å². The number of fused-ring (bicyclic) bond motifs is 1. The Hall–Kier alpha value is -2.11. The summed E-state index contributed by atoms with van der Waals surface area (Å²) in [5.74, 6) is -0.485. The summed E-state index contributed by atoms with van der Waals surface area (Å²) in [5.41, 5.74) is 4.35. The fourth-order valence-electron chi connectivity index (χ4n) is 1.55. The summed E-state index contributed by atoms with van der Waals surface area (Å²) in [7, 11) is 0. The van der Waals surface area contributed by atoms with Gasteiger partial charge in [-0.1, -0.05) is 18.2 Å². The summed E-state index contributed by atoms with van der Waals surface area (Å²) in [4.78, 5) is 3.90. The van der Waals surface area contributed by atoms with Crippen molar-refractivity contribution in [2.45, 2.75) is 6.18 Å². The fourth-order valence-corrected chi connectivity index (χ4v) is 1.55. The lowest BCUT2D eigenvalue weighted by atomic mass is 10.1. The monoisotopic (exact) mass is 239 g/mol. The molecule has 6 heteroatoms. The fraction of sp³-hybridized carbons (Fsp3) is 0.0909. The Morgan fingerprint density at radius 1 is 1.24 bits per heavy atom. The number of amidine groups is 1. The van der Waals surface area contributed by atoms with E-state index >= 15 is 0 Å². The molecule has 0 saturated heterocycles. The van der Waals surface area contributed by atoms with Gasteiger partial charge in [-0.2, -0.15) is 13.2 Å². The number of hydrogen-bond acceptors (Lipinski definition) is 2. The van der Waals surface area contributed by atoms with Gasteiger partial charge < -0.3 is 5.73 Å². The molecule has 88 valence electrons. The number of aromatic nitrogens is 1. The Morgan fingerprint density at radius 2 is 1.88 bits per heavy atom. The van der Waals surface area contributed by atoms with Crippen LogP contribution >= 0.6 is 0 Å². The van der Waals surface area contributed by atoms with E-state index in [2.05, 4.69) is 4.98 Å². The van der Waals surface area contributed by atoms with Gasteiger partial charge in [0.15, 0.2) is 0 Å². The van der Waals surface area contributed by atoms with E-state index in [0.29, 0.717) is 0 Å². The number of nitrogens with one attached hydrogen (secondary N) is 1. The average molecular weight is 239 g/mol. The zero-order valence-corrected chi connectivity index (χ0v) is 8.55. The highest BCUT2D eigenvalue weighted by molar-refractivity contribution is 5.96. The lowest BCUT2D eigenvalue weighted by Crippen LogP contribution is -2.16. The third-order valence-corrected chi connectivity index (χ3v) is 2.30. The second-order valence-corrected chi connectivity index (χ2v) is 3.48. The molecule has 1 heterocycles. The molecule has 1 aromatic carbocycles. The van der Waals surface area contributed by atoms with E-state index in [1.165, 1.54) is 18.2 Å². The summed E-state index contributed by atoms with van der Waals surface area (Å²) in [6.07, 6.45) is -4.49. The second kappa shape index (κ2) is 3.73. The number of nitrogens with zero attached hydrogens (tertiary/aromatic N) is 1. The van der Waals surface area contributed by atoms with Gasteiger partial charge in [-0.3, -0.25) is 5.41 Å². The van der Waals surface area contributed by atoms with E-state index in [1.54, 1.807) is 6.07 Å². The Kier molecular flexibility index (Phi) is 2.49. The van der Waals surface area contributed by atoms with Crippen molar-refractivity contribution in [3.63, 3.8) is 0 Å². The van der Waals surface area contributed by atoms with Crippen molar-refractivity contribution in [2.75, 3.05) is 0 Å². The number of hydrogen-bond donors (Lipinski definition) is 2. The van der Waals surface area contributed by atoms with Crippen molar-refractivity contribution < 1.29 is 13.2 Å². The first-order valence-corrected chi connectivity index (χ1v) is 4.71. The van der Waals surface area contributed by atoms with Crippen molar-refractivity contribution in [3.05, 3.63) is 41.6 Å². The molecule has 2 aromatic rings. The van der Waals surface area contributed by atoms with Crippen LogP contribution in [-0.2, 0) is 6.18 Å². The van der Waals surface area contributed by atoms with Gasteiger partial charge in [-0.15, -0.1) is 0 Å². The SMILES string of the molecule is N=C(N)c1cc(C(F)(F)F)c2ccccc2n1. The van der Waals surface area contributed by atoms with Crippen LogP contribution in [0.25, 0.3) is 10.9 Å². The Bertz CT molecular complexity index is 590. The van der Waals surface area contributed by atoms with Gasteiger partial charge in [0.1, 0.15) is 11.5 Å². The first kappa shape index (κ1) is 11.4. The lowest BCUT2D eigenvalue weighted by molar-refractivity contribution is -0.136. The quantitative estimate of drug-likeness (QED) is 0.593. The van der Waals surface area contributed by atoms with Crippen LogP contribution in [0.4, 0.5) is 13.2 Å². The molecule has 0 atom stereocenters. The van der Waals surface area contributed by atoms with E-state index in [-0.39, 0.29) is 16.6 Å². The molecule has 3 nitrogen and oxygen atoms in total. The third kappa shape index (κ3) is 2.06. The molecule has 0 amide bonds. The van der Waals surface area contributed by atoms with E-state index in [0.717, 1.165) is 6.07 Å². The molecule has 1 aromatic heterocycles. The van der Waals surface area contributed by atoms with Gasteiger partial charge >= 0.3 is 6.18 Å². The number of rotatable bonds is 1. The van der Waals surface area contributed by atoms with Crippen LogP contribution in [0, 0.1) is 5.41 Å². The highest BCUT2D eigenvalue weighted by Crippen LogP contribution is 2.34. The topological polar surface area (TPSA) is 62.8 Å². The van der Waals surface area contributed by atoms with E-state index < -0.39 is 17.6 Å². The molecule has 0 aliphatic rings. The minimum absolute atomic E-state index is 0.00463. The zero-order chi connectivity index (χ0) is 12.6. The predicted molar refractivity (Wildman–Crippen MR) is 57.8 cm³/mol. The molecular formula is C11H8F3N3. The van der Waals surface area contributed by atoms with Gasteiger partial charge in [0.2, 0.25) is 0 Å². The van der Waals surface area contributed by atoms with Crippen LogP contribution in [-0.4, -0.2) is 10.8 Å². The molecule has 0 fully saturated rings. The number of nitrogen functional groups attached to an aromatic ring is 1. The molecule has 2 rings (SSSR count). The highest BCUT2D eigenvalue weighted by Gasteiger charge is 2.33. The number of halogens is 3. The third-order valence-electron chi connectivity index (χ3n) is 2.30. The van der Waals surface area contributed by atoms with Gasteiger partial charge in [0.25, 0.3) is 0 Å². The number of nitrogens with two attached hydrogens (primary N) is 1. The molecule has 3 N–H and O–H groups in total.